The highest BCUT2D eigenvalue weighted by molar-refractivity contribution is 7.41. The molecule has 2 rings (SSSR count). The van der Waals surface area contributed by atoms with Gasteiger partial charge in [0.15, 0.2) is 5.75 Å². The van der Waals surface area contributed by atoms with Gasteiger partial charge in [0.05, 0.1) is 0 Å². The van der Waals surface area contributed by atoms with Gasteiger partial charge >= 0.3 is 13.4 Å². The number of phenols is 1. The van der Waals surface area contributed by atoms with Crippen molar-refractivity contribution in [2.45, 2.75) is 39.5 Å². The molecule has 5 heteroatoms. The minimum absolute atomic E-state index is 0.0692. The number of hydrogen-bond acceptors (Lipinski definition) is 4. The summed E-state index contributed by atoms with van der Waals surface area (Å²) in [6.07, 6.45) is 0.523. The van der Waals surface area contributed by atoms with Crippen molar-refractivity contribution in [3.05, 3.63) is 53.6 Å². The molecule has 2 unspecified atom stereocenters. The predicted octanol–water partition coefficient (Wildman–Crippen LogP) is 5.34. The maximum atomic E-state index is 12.7. The lowest BCUT2D eigenvalue weighted by molar-refractivity contribution is 0.157. The van der Waals surface area contributed by atoms with Crippen molar-refractivity contribution in [1.82, 2.24) is 0 Å². The van der Waals surface area contributed by atoms with Crippen LogP contribution in [0, 0.1) is 13.8 Å². The van der Waals surface area contributed by atoms with Crippen LogP contribution >= 0.6 is 8.03 Å². The summed E-state index contributed by atoms with van der Waals surface area (Å²) >= 11 is 0. The number of para-hydroxylation sites is 1. The molecule has 2 atom stereocenters. The highest BCUT2D eigenvalue weighted by Gasteiger charge is 2.49. The van der Waals surface area contributed by atoms with Gasteiger partial charge in [0.1, 0.15) is 11.5 Å². The van der Waals surface area contributed by atoms with Crippen LogP contribution in [0.5, 0.6) is 17.2 Å². The Labute approximate surface area is 137 Å². The van der Waals surface area contributed by atoms with Gasteiger partial charge in [-0.2, -0.15) is 0 Å². The molecular formula is C18H22O4P+. The van der Waals surface area contributed by atoms with Crippen molar-refractivity contribution in [1.29, 1.82) is 0 Å². The van der Waals surface area contributed by atoms with Crippen LogP contribution in [0.25, 0.3) is 0 Å². The van der Waals surface area contributed by atoms with Crippen molar-refractivity contribution < 1.29 is 18.9 Å². The molecule has 0 aliphatic carbocycles. The van der Waals surface area contributed by atoms with E-state index in [1.165, 1.54) is 12.1 Å². The summed E-state index contributed by atoms with van der Waals surface area (Å²) in [4.78, 5) is 0. The summed E-state index contributed by atoms with van der Waals surface area (Å²) in [7, 11) is -2.15. The molecule has 122 valence electrons. The van der Waals surface area contributed by atoms with Gasteiger partial charge in [-0.05, 0) is 41.7 Å². The van der Waals surface area contributed by atoms with E-state index in [0.717, 1.165) is 16.9 Å². The Balaban J connectivity index is 2.24. The van der Waals surface area contributed by atoms with Gasteiger partial charge in [-0.1, -0.05) is 31.2 Å². The van der Waals surface area contributed by atoms with Gasteiger partial charge in [-0.25, -0.2) is 0 Å². The van der Waals surface area contributed by atoms with Crippen LogP contribution < -0.4 is 9.26 Å². The zero-order valence-electron chi connectivity index (χ0n) is 13.9. The Kier molecular flexibility index (Phi) is 5.27. The summed E-state index contributed by atoms with van der Waals surface area (Å²) in [5, 5.41) is 8.53. The highest BCUT2D eigenvalue weighted by Crippen LogP contribution is 2.45. The van der Waals surface area contributed by atoms with Crippen molar-refractivity contribution in [2.75, 3.05) is 0 Å². The summed E-state index contributed by atoms with van der Waals surface area (Å²) in [5.41, 5.74) is 1.98. The molecule has 23 heavy (non-hydrogen) atoms. The lowest BCUT2D eigenvalue weighted by Gasteiger charge is -2.21. The highest BCUT2D eigenvalue weighted by atomic mass is 31.1. The monoisotopic (exact) mass is 333 g/mol. The van der Waals surface area contributed by atoms with E-state index < -0.39 is 13.4 Å². The zero-order chi connectivity index (χ0) is 17.0. The number of ether oxygens (including phenoxy) is 1. The van der Waals surface area contributed by atoms with Crippen LogP contribution in [0.1, 0.15) is 31.4 Å². The van der Waals surface area contributed by atoms with E-state index in [2.05, 4.69) is 0 Å². The predicted molar refractivity (Wildman–Crippen MR) is 91.6 cm³/mol. The maximum Gasteiger partial charge on any atom is 0.604 e. The van der Waals surface area contributed by atoms with Gasteiger partial charge < -0.3 is 9.84 Å². The van der Waals surface area contributed by atoms with Gasteiger partial charge in [0, 0.05) is 19.4 Å². The van der Waals surface area contributed by atoms with Crippen LogP contribution in [0.2, 0.25) is 0 Å². The number of aryl methyl sites for hydroxylation is 2. The third-order valence-corrected chi connectivity index (χ3v) is 5.34. The Hall–Kier alpha value is -2.06. The van der Waals surface area contributed by atoms with Crippen LogP contribution in [-0.2, 0) is 4.57 Å². The fraction of sp³-hybridized carbons (Fsp3) is 0.333. The molecule has 0 radical (unpaired) electrons. The summed E-state index contributed by atoms with van der Waals surface area (Å²) in [5.74, 6) is 1.16. The van der Waals surface area contributed by atoms with Crippen molar-refractivity contribution in [3.63, 3.8) is 0 Å². The lowest BCUT2D eigenvalue weighted by Crippen LogP contribution is -2.29. The SMILES string of the molecule is CCC(C)(Oc1c(C)cccc1C)[P+](=O)Oc1cccc(O)c1. The Morgan fingerprint density at radius 3 is 2.30 bits per heavy atom. The maximum absolute atomic E-state index is 12.7. The number of hydrogen-bond donors (Lipinski definition) is 1. The molecule has 0 aliphatic heterocycles. The molecule has 0 fully saturated rings. The Morgan fingerprint density at radius 1 is 1.13 bits per heavy atom. The minimum Gasteiger partial charge on any atom is -0.508 e. The molecule has 2 aromatic carbocycles. The first kappa shape index (κ1) is 17.3. The third kappa shape index (κ3) is 4.02. The minimum atomic E-state index is -2.15. The van der Waals surface area contributed by atoms with Crippen LogP contribution in [0.3, 0.4) is 0 Å². The second-order valence-corrected chi connectivity index (χ2v) is 7.34. The molecule has 0 saturated carbocycles. The molecule has 1 N–H and O–H groups in total. The molecule has 0 amide bonds. The average molecular weight is 333 g/mol. The van der Waals surface area contributed by atoms with Gasteiger partial charge in [-0.3, -0.25) is 4.52 Å². The van der Waals surface area contributed by atoms with Crippen molar-refractivity contribution in [2.24, 2.45) is 0 Å². The summed E-state index contributed by atoms with van der Waals surface area (Å²) in [6, 6.07) is 12.1. The van der Waals surface area contributed by atoms with Crippen molar-refractivity contribution >= 4 is 8.03 Å². The van der Waals surface area contributed by atoms with E-state index in [9.17, 15) is 9.67 Å². The molecule has 0 aliphatic rings. The van der Waals surface area contributed by atoms with E-state index in [4.69, 9.17) is 9.26 Å². The molecule has 0 heterocycles. The van der Waals surface area contributed by atoms with Crippen molar-refractivity contribution in [3.8, 4) is 17.2 Å². The molecule has 2 aromatic rings. The van der Waals surface area contributed by atoms with Crippen LogP contribution in [0.4, 0.5) is 0 Å². The number of rotatable bonds is 6. The van der Waals surface area contributed by atoms with Crippen LogP contribution in [-0.4, -0.2) is 10.4 Å². The van der Waals surface area contributed by atoms with E-state index in [1.807, 2.05) is 39.0 Å². The van der Waals surface area contributed by atoms with Gasteiger partial charge in [0.2, 0.25) is 0 Å². The first-order valence-electron chi connectivity index (χ1n) is 7.55. The fourth-order valence-corrected chi connectivity index (χ4v) is 3.07. The topological polar surface area (TPSA) is 55.8 Å². The first-order valence-corrected chi connectivity index (χ1v) is 8.73. The van der Waals surface area contributed by atoms with Crippen LogP contribution in [0.15, 0.2) is 42.5 Å². The Morgan fingerprint density at radius 2 is 1.74 bits per heavy atom. The van der Waals surface area contributed by atoms with E-state index in [1.54, 1.807) is 19.1 Å². The normalized spacial score (nSPS) is 14.0. The smallest absolute Gasteiger partial charge is 0.508 e. The third-order valence-electron chi connectivity index (χ3n) is 3.78. The second-order valence-electron chi connectivity index (χ2n) is 5.70. The summed E-state index contributed by atoms with van der Waals surface area (Å²) in [6.45, 7) is 7.61. The van der Waals surface area contributed by atoms with E-state index >= 15 is 0 Å². The quantitative estimate of drug-likeness (QED) is 0.725. The molecule has 0 bridgehead atoms. The standard InChI is InChI=1S/C18H21O4P/c1-5-18(4,21-17-13(2)8-6-9-14(17)3)23(20)22-16-11-7-10-15(19)12-16/h6-12H,5H2,1-4H3/p+1. The zero-order valence-corrected chi connectivity index (χ0v) is 14.8. The lowest BCUT2D eigenvalue weighted by atomic mass is 10.1. The van der Waals surface area contributed by atoms with E-state index in [-0.39, 0.29) is 5.75 Å². The molecular weight excluding hydrogens is 311 g/mol. The first-order chi connectivity index (χ1) is 10.9. The van der Waals surface area contributed by atoms with E-state index in [0.29, 0.717) is 12.2 Å². The number of aromatic hydroxyl groups is 1. The fourth-order valence-electron chi connectivity index (χ4n) is 2.15. The molecule has 0 aromatic heterocycles. The molecule has 0 spiro atoms. The summed E-state index contributed by atoms with van der Waals surface area (Å²) < 4.78 is 24.4. The number of phenolic OH excluding ortho intramolecular Hbond substituents is 1. The number of benzene rings is 2. The Bertz CT molecular complexity index is 694. The van der Waals surface area contributed by atoms with Gasteiger partial charge in [0.25, 0.3) is 0 Å². The average Bonchev–Trinajstić information content (AvgIpc) is 2.51. The molecule has 0 saturated heterocycles. The molecule has 4 nitrogen and oxygen atoms in total. The van der Waals surface area contributed by atoms with Gasteiger partial charge in [-0.15, -0.1) is 0 Å². The second kappa shape index (κ2) is 7.01. The largest absolute Gasteiger partial charge is 0.604 e.